The van der Waals surface area contributed by atoms with Gasteiger partial charge in [-0.25, -0.2) is 4.79 Å². The SMILES string of the molecule is CC(C)CC(NC(=O)C(N)CS)C(=O)N1CCCC1C(=O)NC(CCC(N)=O)C(=O)O. The van der Waals surface area contributed by atoms with Crippen LogP contribution >= 0.6 is 12.6 Å². The first kappa shape index (κ1) is 26.7. The summed E-state index contributed by atoms with van der Waals surface area (Å²) in [5, 5.41) is 14.3. The van der Waals surface area contributed by atoms with Crippen molar-refractivity contribution in [3.63, 3.8) is 0 Å². The molecule has 0 radical (unpaired) electrons. The van der Waals surface area contributed by atoms with Gasteiger partial charge in [0.05, 0.1) is 6.04 Å². The second-order valence-electron chi connectivity index (χ2n) is 8.07. The summed E-state index contributed by atoms with van der Waals surface area (Å²) in [5.74, 6) is -3.32. The van der Waals surface area contributed by atoms with Gasteiger partial charge in [-0.05, 0) is 31.6 Å². The number of rotatable bonds is 12. The molecule has 0 aliphatic carbocycles. The second kappa shape index (κ2) is 12.5. The molecule has 1 saturated heterocycles. The summed E-state index contributed by atoms with van der Waals surface area (Å²) < 4.78 is 0. The molecule has 1 fully saturated rings. The topological polar surface area (TPSA) is 185 Å². The molecule has 0 aromatic heterocycles. The van der Waals surface area contributed by atoms with Gasteiger partial charge in [-0.2, -0.15) is 12.6 Å². The molecule has 0 spiro atoms. The molecule has 0 aromatic carbocycles. The van der Waals surface area contributed by atoms with Gasteiger partial charge >= 0.3 is 5.97 Å². The molecule has 0 saturated carbocycles. The van der Waals surface area contributed by atoms with Crippen LogP contribution in [0.25, 0.3) is 0 Å². The third-order valence-electron chi connectivity index (χ3n) is 4.99. The largest absolute Gasteiger partial charge is 0.480 e. The van der Waals surface area contributed by atoms with Crippen LogP contribution in [0.15, 0.2) is 0 Å². The number of carbonyl (C=O) groups excluding carboxylic acids is 4. The van der Waals surface area contributed by atoms with Crippen molar-refractivity contribution in [3.8, 4) is 0 Å². The Bertz CT molecular complexity index is 689. The lowest BCUT2D eigenvalue weighted by atomic mass is 10.0. The number of hydrogen-bond donors (Lipinski definition) is 6. The van der Waals surface area contributed by atoms with Crippen molar-refractivity contribution in [1.29, 1.82) is 0 Å². The number of primary amides is 1. The van der Waals surface area contributed by atoms with Gasteiger partial charge in [-0.3, -0.25) is 19.2 Å². The highest BCUT2D eigenvalue weighted by Gasteiger charge is 2.39. The first-order chi connectivity index (χ1) is 14.5. The van der Waals surface area contributed by atoms with Gasteiger partial charge in [0.2, 0.25) is 23.6 Å². The van der Waals surface area contributed by atoms with Gasteiger partial charge in [-0.1, -0.05) is 13.8 Å². The van der Waals surface area contributed by atoms with Gasteiger partial charge in [0.25, 0.3) is 0 Å². The number of nitrogens with zero attached hydrogens (tertiary/aromatic N) is 1. The van der Waals surface area contributed by atoms with Crippen molar-refractivity contribution in [2.75, 3.05) is 12.3 Å². The van der Waals surface area contributed by atoms with E-state index in [4.69, 9.17) is 11.5 Å². The van der Waals surface area contributed by atoms with E-state index < -0.39 is 53.8 Å². The lowest BCUT2D eigenvalue weighted by Crippen LogP contribution is -2.57. The van der Waals surface area contributed by atoms with Crippen molar-refractivity contribution >= 4 is 42.2 Å². The monoisotopic (exact) mass is 459 g/mol. The van der Waals surface area contributed by atoms with Crippen molar-refractivity contribution in [1.82, 2.24) is 15.5 Å². The standard InChI is InChI=1S/C19H33N5O6S/c1-10(2)8-13(23-16(26)11(20)9-31)18(28)24-7-3-4-14(24)17(27)22-12(19(29)30)5-6-15(21)25/h10-14,31H,3-9,20H2,1-2H3,(H2,21,25)(H,22,27)(H,23,26)(H,29,30). The van der Waals surface area contributed by atoms with Crippen molar-refractivity contribution < 1.29 is 29.1 Å². The maximum absolute atomic E-state index is 13.2. The van der Waals surface area contributed by atoms with Crippen molar-refractivity contribution in [2.45, 2.75) is 70.1 Å². The van der Waals surface area contributed by atoms with Gasteiger partial charge in [0.15, 0.2) is 0 Å². The zero-order chi connectivity index (χ0) is 23.7. The molecule has 12 heteroatoms. The van der Waals surface area contributed by atoms with E-state index in [2.05, 4.69) is 23.3 Å². The molecule has 7 N–H and O–H groups in total. The smallest absolute Gasteiger partial charge is 0.326 e. The molecular weight excluding hydrogens is 426 g/mol. The van der Waals surface area contributed by atoms with E-state index in [0.717, 1.165) is 0 Å². The lowest BCUT2D eigenvalue weighted by Gasteiger charge is -2.30. The minimum absolute atomic E-state index is 0.0848. The van der Waals surface area contributed by atoms with Gasteiger partial charge in [0.1, 0.15) is 18.1 Å². The van der Waals surface area contributed by atoms with Gasteiger partial charge in [-0.15, -0.1) is 0 Å². The number of carboxylic acid groups (broad SMARTS) is 1. The van der Waals surface area contributed by atoms with E-state index in [1.807, 2.05) is 13.8 Å². The molecule has 1 rings (SSSR count). The molecule has 1 heterocycles. The zero-order valence-electron chi connectivity index (χ0n) is 17.9. The number of likely N-dealkylation sites (tertiary alicyclic amines) is 1. The fourth-order valence-corrected chi connectivity index (χ4v) is 3.54. The summed E-state index contributed by atoms with van der Waals surface area (Å²) in [4.78, 5) is 61.8. The van der Waals surface area contributed by atoms with E-state index >= 15 is 0 Å². The van der Waals surface area contributed by atoms with Crippen molar-refractivity contribution in [2.24, 2.45) is 17.4 Å². The predicted octanol–water partition coefficient (Wildman–Crippen LogP) is -1.40. The molecule has 176 valence electrons. The van der Waals surface area contributed by atoms with Crippen LogP contribution in [-0.2, 0) is 24.0 Å². The van der Waals surface area contributed by atoms with Gasteiger partial charge < -0.3 is 32.1 Å². The molecule has 4 amide bonds. The fraction of sp³-hybridized carbons (Fsp3) is 0.737. The number of carbonyl (C=O) groups is 5. The minimum Gasteiger partial charge on any atom is -0.480 e. The summed E-state index contributed by atoms with van der Waals surface area (Å²) in [6, 6.07) is -3.90. The first-order valence-electron chi connectivity index (χ1n) is 10.3. The van der Waals surface area contributed by atoms with E-state index in [-0.39, 0.29) is 24.5 Å². The molecule has 0 bridgehead atoms. The maximum atomic E-state index is 13.2. The zero-order valence-corrected chi connectivity index (χ0v) is 18.8. The highest BCUT2D eigenvalue weighted by Crippen LogP contribution is 2.21. The van der Waals surface area contributed by atoms with Crippen LogP contribution in [-0.4, -0.2) is 76.1 Å². The first-order valence-corrected chi connectivity index (χ1v) is 10.9. The minimum atomic E-state index is -1.30. The van der Waals surface area contributed by atoms with Crippen molar-refractivity contribution in [3.05, 3.63) is 0 Å². The van der Waals surface area contributed by atoms with Crippen LogP contribution in [0.2, 0.25) is 0 Å². The van der Waals surface area contributed by atoms with Crippen LogP contribution in [0.4, 0.5) is 0 Å². The molecule has 4 atom stereocenters. The van der Waals surface area contributed by atoms with E-state index in [9.17, 15) is 29.1 Å². The number of nitrogens with two attached hydrogens (primary N) is 2. The Morgan fingerprint density at radius 3 is 2.32 bits per heavy atom. The molecule has 0 aromatic rings. The maximum Gasteiger partial charge on any atom is 0.326 e. The number of carboxylic acids is 1. The quantitative estimate of drug-likeness (QED) is 0.194. The number of aliphatic carboxylic acids is 1. The Hall–Kier alpha value is -2.34. The Labute approximate surface area is 187 Å². The Morgan fingerprint density at radius 1 is 1.16 bits per heavy atom. The van der Waals surface area contributed by atoms with Crippen LogP contribution in [0, 0.1) is 5.92 Å². The number of amides is 4. The second-order valence-corrected chi connectivity index (χ2v) is 8.44. The predicted molar refractivity (Wildman–Crippen MR) is 116 cm³/mol. The van der Waals surface area contributed by atoms with E-state index in [1.165, 1.54) is 4.90 Å². The molecular formula is C19H33N5O6S. The average Bonchev–Trinajstić information content (AvgIpc) is 3.18. The third-order valence-corrected chi connectivity index (χ3v) is 5.38. The molecule has 1 aliphatic heterocycles. The highest BCUT2D eigenvalue weighted by molar-refractivity contribution is 7.80. The van der Waals surface area contributed by atoms with Crippen LogP contribution in [0.5, 0.6) is 0 Å². The summed E-state index contributed by atoms with van der Waals surface area (Å²) in [6.45, 7) is 4.10. The molecule has 4 unspecified atom stereocenters. The average molecular weight is 460 g/mol. The highest BCUT2D eigenvalue weighted by atomic mass is 32.1. The summed E-state index contributed by atoms with van der Waals surface area (Å²) in [6.07, 6.45) is 0.924. The van der Waals surface area contributed by atoms with E-state index in [1.54, 1.807) is 0 Å². The van der Waals surface area contributed by atoms with Crippen LogP contribution < -0.4 is 22.1 Å². The third kappa shape index (κ3) is 8.37. The summed E-state index contributed by atoms with van der Waals surface area (Å²) in [5.41, 5.74) is 10.7. The van der Waals surface area contributed by atoms with E-state index in [0.29, 0.717) is 25.8 Å². The number of hydrogen-bond acceptors (Lipinski definition) is 7. The number of nitrogens with one attached hydrogen (secondary N) is 2. The summed E-state index contributed by atoms with van der Waals surface area (Å²) >= 11 is 3.99. The Balaban J connectivity index is 2.92. The molecule has 1 aliphatic rings. The lowest BCUT2D eigenvalue weighted by molar-refractivity contribution is -0.145. The molecule has 11 nitrogen and oxygen atoms in total. The number of thiol groups is 1. The van der Waals surface area contributed by atoms with Gasteiger partial charge in [0, 0.05) is 18.7 Å². The fourth-order valence-electron chi connectivity index (χ4n) is 3.37. The van der Waals surface area contributed by atoms with Crippen LogP contribution in [0.1, 0.15) is 46.0 Å². The normalized spacial score (nSPS) is 18.9. The Kier molecular flexibility index (Phi) is 10.8. The molecule has 31 heavy (non-hydrogen) atoms. The summed E-state index contributed by atoms with van der Waals surface area (Å²) in [7, 11) is 0. The van der Waals surface area contributed by atoms with Crippen LogP contribution in [0.3, 0.4) is 0 Å². The Morgan fingerprint density at radius 2 is 1.81 bits per heavy atom.